The van der Waals surface area contributed by atoms with Crippen LogP contribution in [0.1, 0.15) is 12.5 Å². The first-order valence-electron chi connectivity index (χ1n) is 7.03. The molecule has 1 aromatic heterocycles. The fourth-order valence-corrected chi connectivity index (χ4v) is 2.09. The highest BCUT2D eigenvalue weighted by Gasteiger charge is 2.02. The van der Waals surface area contributed by atoms with Gasteiger partial charge in [0.2, 0.25) is 0 Å². The minimum Gasteiger partial charge on any atom is -0.424 e. The molecule has 1 heterocycles. The van der Waals surface area contributed by atoms with Gasteiger partial charge in [-0.1, -0.05) is 37.3 Å². The van der Waals surface area contributed by atoms with E-state index >= 15 is 0 Å². The van der Waals surface area contributed by atoms with E-state index in [2.05, 4.69) is 34.3 Å². The summed E-state index contributed by atoms with van der Waals surface area (Å²) in [5, 5.41) is 5.56. The van der Waals surface area contributed by atoms with Crippen molar-refractivity contribution in [2.75, 3.05) is 6.54 Å². The molecule has 4 heteroatoms. The first-order chi connectivity index (χ1) is 10.3. The van der Waals surface area contributed by atoms with Crippen molar-refractivity contribution in [2.45, 2.75) is 13.5 Å². The number of nitrogens with one attached hydrogen (secondary N) is 1. The van der Waals surface area contributed by atoms with Crippen LogP contribution in [0.15, 0.2) is 54.9 Å². The third-order valence-electron chi connectivity index (χ3n) is 3.19. The molecule has 4 nitrogen and oxygen atoms in total. The van der Waals surface area contributed by atoms with Crippen LogP contribution in [0.4, 0.5) is 0 Å². The molecule has 0 bridgehead atoms. The monoisotopic (exact) mass is 279 g/mol. The molecule has 0 spiro atoms. The van der Waals surface area contributed by atoms with E-state index in [1.54, 1.807) is 12.4 Å². The zero-order valence-corrected chi connectivity index (χ0v) is 11.9. The number of hydrogen-bond acceptors (Lipinski definition) is 4. The highest BCUT2D eigenvalue weighted by Crippen LogP contribution is 2.23. The SMILES string of the molecule is CCNCc1cnc(Oc2ccc3ccccc3c2)nc1. The van der Waals surface area contributed by atoms with Crippen molar-refractivity contribution < 1.29 is 4.74 Å². The Balaban J connectivity index is 1.75. The maximum absolute atomic E-state index is 5.70. The van der Waals surface area contributed by atoms with E-state index in [-0.39, 0.29) is 0 Å². The minimum atomic E-state index is 0.366. The fraction of sp³-hybridized carbons (Fsp3) is 0.176. The average Bonchev–Trinajstić information content (AvgIpc) is 2.54. The van der Waals surface area contributed by atoms with Crippen LogP contribution in [0.25, 0.3) is 10.8 Å². The molecule has 106 valence electrons. The molecule has 0 aliphatic heterocycles. The fourth-order valence-electron chi connectivity index (χ4n) is 2.09. The molecule has 3 aromatic rings. The molecule has 0 saturated carbocycles. The number of nitrogens with zero attached hydrogens (tertiary/aromatic N) is 2. The van der Waals surface area contributed by atoms with Gasteiger partial charge >= 0.3 is 6.01 Å². The number of ether oxygens (including phenoxy) is 1. The summed E-state index contributed by atoms with van der Waals surface area (Å²) in [5.41, 5.74) is 1.04. The van der Waals surface area contributed by atoms with Crippen molar-refractivity contribution in [3.63, 3.8) is 0 Å². The average molecular weight is 279 g/mol. The van der Waals surface area contributed by atoms with Gasteiger partial charge in [0.1, 0.15) is 5.75 Å². The molecule has 0 aliphatic carbocycles. The summed E-state index contributed by atoms with van der Waals surface area (Å²) >= 11 is 0. The molecule has 21 heavy (non-hydrogen) atoms. The molecular formula is C17H17N3O. The lowest BCUT2D eigenvalue weighted by Crippen LogP contribution is -2.12. The van der Waals surface area contributed by atoms with E-state index in [1.807, 2.05) is 30.3 Å². The lowest BCUT2D eigenvalue weighted by atomic mass is 10.1. The third kappa shape index (κ3) is 3.35. The van der Waals surface area contributed by atoms with Crippen molar-refractivity contribution in [1.82, 2.24) is 15.3 Å². The maximum Gasteiger partial charge on any atom is 0.321 e. The van der Waals surface area contributed by atoms with Crippen molar-refractivity contribution in [2.24, 2.45) is 0 Å². The number of aromatic nitrogens is 2. The second-order valence-electron chi connectivity index (χ2n) is 4.77. The summed E-state index contributed by atoms with van der Waals surface area (Å²) < 4.78 is 5.70. The first kappa shape index (κ1) is 13.5. The van der Waals surface area contributed by atoms with Gasteiger partial charge in [0.25, 0.3) is 0 Å². The Hall–Kier alpha value is -2.46. The molecular weight excluding hydrogens is 262 g/mol. The Bertz CT molecular complexity index is 725. The number of benzene rings is 2. The summed E-state index contributed by atoms with van der Waals surface area (Å²) in [6.45, 7) is 3.76. The van der Waals surface area contributed by atoms with Crippen molar-refractivity contribution >= 4 is 10.8 Å². The van der Waals surface area contributed by atoms with Gasteiger partial charge < -0.3 is 10.1 Å². The van der Waals surface area contributed by atoms with Crippen molar-refractivity contribution in [3.8, 4) is 11.8 Å². The number of fused-ring (bicyclic) bond motifs is 1. The largest absolute Gasteiger partial charge is 0.424 e. The van der Waals surface area contributed by atoms with Gasteiger partial charge in [0, 0.05) is 24.5 Å². The van der Waals surface area contributed by atoms with E-state index in [4.69, 9.17) is 4.74 Å². The van der Waals surface area contributed by atoms with Crippen molar-refractivity contribution in [1.29, 1.82) is 0 Å². The van der Waals surface area contributed by atoms with E-state index in [9.17, 15) is 0 Å². The van der Waals surface area contributed by atoms with Gasteiger partial charge in [-0.15, -0.1) is 0 Å². The number of hydrogen-bond donors (Lipinski definition) is 1. The van der Waals surface area contributed by atoms with Crippen molar-refractivity contribution in [3.05, 3.63) is 60.4 Å². The molecule has 0 saturated heterocycles. The summed E-state index contributed by atoms with van der Waals surface area (Å²) in [6.07, 6.45) is 3.57. The minimum absolute atomic E-state index is 0.366. The quantitative estimate of drug-likeness (QED) is 0.776. The van der Waals surface area contributed by atoms with Crippen LogP contribution in [-0.2, 0) is 6.54 Å². The van der Waals surface area contributed by atoms with Crippen LogP contribution < -0.4 is 10.1 Å². The normalized spacial score (nSPS) is 10.7. The summed E-state index contributed by atoms with van der Waals surface area (Å²) in [5.74, 6) is 0.744. The zero-order chi connectivity index (χ0) is 14.5. The van der Waals surface area contributed by atoms with Crippen LogP contribution in [-0.4, -0.2) is 16.5 Å². The lowest BCUT2D eigenvalue weighted by Gasteiger charge is -2.06. The molecule has 0 unspecified atom stereocenters. The topological polar surface area (TPSA) is 47.0 Å². The highest BCUT2D eigenvalue weighted by molar-refractivity contribution is 5.83. The van der Waals surface area contributed by atoms with Crippen LogP contribution in [0.5, 0.6) is 11.8 Å². The van der Waals surface area contributed by atoms with Gasteiger partial charge in [0.05, 0.1) is 0 Å². The molecule has 0 amide bonds. The Morgan fingerprint density at radius 1 is 1.00 bits per heavy atom. The zero-order valence-electron chi connectivity index (χ0n) is 11.9. The first-order valence-corrected chi connectivity index (χ1v) is 7.03. The van der Waals surface area contributed by atoms with Gasteiger partial charge in [-0.25, -0.2) is 9.97 Å². The van der Waals surface area contributed by atoms with Crippen LogP contribution in [0.3, 0.4) is 0 Å². The van der Waals surface area contributed by atoms with Crippen LogP contribution in [0.2, 0.25) is 0 Å². The Kier molecular flexibility index (Phi) is 4.07. The van der Waals surface area contributed by atoms with Crippen LogP contribution >= 0.6 is 0 Å². The third-order valence-corrected chi connectivity index (χ3v) is 3.19. The second-order valence-corrected chi connectivity index (χ2v) is 4.77. The second kappa shape index (κ2) is 6.33. The van der Waals surface area contributed by atoms with Gasteiger partial charge in [-0.2, -0.15) is 0 Å². The van der Waals surface area contributed by atoms with Crippen LogP contribution in [0, 0.1) is 0 Å². The molecule has 3 rings (SSSR count). The van der Waals surface area contributed by atoms with E-state index in [0.29, 0.717) is 6.01 Å². The Labute approximate surface area is 123 Å². The smallest absolute Gasteiger partial charge is 0.321 e. The molecule has 1 N–H and O–H groups in total. The van der Waals surface area contributed by atoms with E-state index < -0.39 is 0 Å². The molecule has 0 radical (unpaired) electrons. The highest BCUT2D eigenvalue weighted by atomic mass is 16.5. The number of rotatable bonds is 5. The predicted molar refractivity (Wildman–Crippen MR) is 83.4 cm³/mol. The van der Waals surface area contributed by atoms with Gasteiger partial charge in [-0.05, 0) is 29.4 Å². The standard InChI is InChI=1S/C17H17N3O/c1-2-18-10-13-11-19-17(20-12-13)21-16-8-7-14-5-3-4-6-15(14)9-16/h3-9,11-12,18H,2,10H2,1H3. The van der Waals surface area contributed by atoms with Gasteiger partial charge in [-0.3, -0.25) is 0 Å². The summed E-state index contributed by atoms with van der Waals surface area (Å²) in [6, 6.07) is 14.5. The Morgan fingerprint density at radius 2 is 1.76 bits per heavy atom. The summed E-state index contributed by atoms with van der Waals surface area (Å²) in [4.78, 5) is 8.47. The van der Waals surface area contributed by atoms with E-state index in [0.717, 1.165) is 29.8 Å². The maximum atomic E-state index is 5.70. The van der Waals surface area contributed by atoms with E-state index in [1.165, 1.54) is 5.39 Å². The molecule has 0 aliphatic rings. The molecule has 0 fully saturated rings. The Morgan fingerprint density at radius 3 is 2.52 bits per heavy atom. The molecule has 0 atom stereocenters. The predicted octanol–water partition coefficient (Wildman–Crippen LogP) is 3.53. The summed E-state index contributed by atoms with van der Waals surface area (Å²) in [7, 11) is 0. The lowest BCUT2D eigenvalue weighted by molar-refractivity contribution is 0.441. The van der Waals surface area contributed by atoms with Gasteiger partial charge in [0.15, 0.2) is 0 Å². The molecule has 2 aromatic carbocycles.